The van der Waals surface area contributed by atoms with Gasteiger partial charge >= 0.3 is 0 Å². The molecule has 0 saturated carbocycles. The van der Waals surface area contributed by atoms with Gasteiger partial charge in [-0.15, -0.1) is 0 Å². The van der Waals surface area contributed by atoms with E-state index < -0.39 is 0 Å². The van der Waals surface area contributed by atoms with Crippen LogP contribution in [0.2, 0.25) is 0 Å². The van der Waals surface area contributed by atoms with E-state index in [9.17, 15) is 0 Å². The van der Waals surface area contributed by atoms with Gasteiger partial charge in [-0.3, -0.25) is 0 Å². The van der Waals surface area contributed by atoms with Crippen LogP contribution in [0.1, 0.15) is 12.0 Å². The molecule has 0 aliphatic carbocycles. The molecular formula is C9H15N3OS. The summed E-state index contributed by atoms with van der Waals surface area (Å²) in [4.78, 5) is 2.27. The second kappa shape index (κ2) is 3.74. The Morgan fingerprint density at radius 2 is 2.50 bits per heavy atom. The Bertz CT molecular complexity index is 326. The number of aromatic nitrogens is 1. The first-order valence-corrected chi connectivity index (χ1v) is 5.57. The van der Waals surface area contributed by atoms with Crippen LogP contribution in [0.25, 0.3) is 0 Å². The number of rotatable bonds is 2. The highest BCUT2D eigenvalue weighted by Gasteiger charge is 2.24. The molecule has 1 unspecified atom stereocenters. The summed E-state index contributed by atoms with van der Waals surface area (Å²) >= 11 is 1.46. The number of nitrogen functional groups attached to an aromatic ring is 1. The maximum absolute atomic E-state index is 9.04. The first-order valence-electron chi connectivity index (χ1n) is 4.80. The molecule has 2 heterocycles. The number of nitrogens with zero attached hydrogens (tertiary/aromatic N) is 2. The lowest BCUT2D eigenvalue weighted by atomic mass is 10.1. The standard InChI is InChI=1S/C9H15N3OS/c1-6-8(10)11-14-9(6)12-3-2-7(4-12)5-13/h7,13H,2-5H2,1H3,(H2,10,11). The Hall–Kier alpha value is -0.810. The zero-order valence-electron chi connectivity index (χ0n) is 8.23. The minimum absolute atomic E-state index is 0.282. The highest BCUT2D eigenvalue weighted by atomic mass is 32.1. The van der Waals surface area contributed by atoms with E-state index in [-0.39, 0.29) is 6.61 Å². The van der Waals surface area contributed by atoms with E-state index in [1.807, 2.05) is 6.92 Å². The fourth-order valence-electron chi connectivity index (χ4n) is 1.80. The molecule has 0 radical (unpaired) electrons. The summed E-state index contributed by atoms with van der Waals surface area (Å²) in [6, 6.07) is 0. The highest BCUT2D eigenvalue weighted by molar-refractivity contribution is 7.10. The van der Waals surface area contributed by atoms with Crippen LogP contribution in [0.15, 0.2) is 0 Å². The van der Waals surface area contributed by atoms with Crippen LogP contribution >= 0.6 is 11.5 Å². The fourth-order valence-corrected chi connectivity index (χ4v) is 2.64. The van der Waals surface area contributed by atoms with Gasteiger partial charge in [0.05, 0.1) is 0 Å². The highest BCUT2D eigenvalue weighted by Crippen LogP contribution is 2.33. The molecule has 1 atom stereocenters. The zero-order valence-corrected chi connectivity index (χ0v) is 9.05. The summed E-state index contributed by atoms with van der Waals surface area (Å²) in [5, 5.41) is 10.2. The molecule has 1 aliphatic rings. The van der Waals surface area contributed by atoms with Gasteiger partial charge in [0.2, 0.25) is 0 Å². The van der Waals surface area contributed by atoms with Crippen LogP contribution in [0.4, 0.5) is 10.8 Å². The Morgan fingerprint density at radius 3 is 3.00 bits per heavy atom. The molecular weight excluding hydrogens is 198 g/mol. The average Bonchev–Trinajstić information content (AvgIpc) is 2.75. The van der Waals surface area contributed by atoms with E-state index in [1.54, 1.807) is 0 Å². The number of hydrogen-bond donors (Lipinski definition) is 2. The van der Waals surface area contributed by atoms with E-state index in [0.717, 1.165) is 25.1 Å². The summed E-state index contributed by atoms with van der Waals surface area (Å²) < 4.78 is 4.13. The lowest BCUT2D eigenvalue weighted by molar-refractivity contribution is 0.238. The molecule has 0 amide bonds. The molecule has 3 N–H and O–H groups in total. The molecule has 1 aromatic heterocycles. The van der Waals surface area contributed by atoms with Crippen LogP contribution in [0.5, 0.6) is 0 Å². The maximum Gasteiger partial charge on any atom is 0.142 e. The van der Waals surface area contributed by atoms with Gasteiger partial charge in [0.1, 0.15) is 10.8 Å². The van der Waals surface area contributed by atoms with Gasteiger partial charge in [0.15, 0.2) is 0 Å². The molecule has 1 aliphatic heterocycles. The second-order valence-electron chi connectivity index (χ2n) is 3.78. The molecule has 0 bridgehead atoms. The predicted octanol–water partition coefficient (Wildman–Crippen LogP) is 0.852. The van der Waals surface area contributed by atoms with Crippen molar-refractivity contribution in [2.45, 2.75) is 13.3 Å². The summed E-state index contributed by atoms with van der Waals surface area (Å²) in [5.41, 5.74) is 6.78. The van der Waals surface area contributed by atoms with Crippen molar-refractivity contribution in [3.8, 4) is 0 Å². The smallest absolute Gasteiger partial charge is 0.142 e. The van der Waals surface area contributed by atoms with Crippen LogP contribution in [-0.2, 0) is 0 Å². The molecule has 1 aromatic rings. The third-order valence-electron chi connectivity index (χ3n) is 2.77. The number of aliphatic hydroxyl groups is 1. The Balaban J connectivity index is 2.13. The maximum atomic E-state index is 9.04. The van der Waals surface area contributed by atoms with Crippen molar-refractivity contribution in [2.24, 2.45) is 5.92 Å². The first-order chi connectivity index (χ1) is 6.72. The molecule has 1 saturated heterocycles. The molecule has 5 heteroatoms. The van der Waals surface area contributed by atoms with Gasteiger partial charge in [-0.25, -0.2) is 0 Å². The summed E-state index contributed by atoms with van der Waals surface area (Å²) in [6.07, 6.45) is 1.06. The van der Waals surface area contributed by atoms with Gasteiger partial charge in [-0.1, -0.05) is 0 Å². The van der Waals surface area contributed by atoms with E-state index in [2.05, 4.69) is 9.27 Å². The van der Waals surface area contributed by atoms with Gasteiger partial charge < -0.3 is 15.7 Å². The minimum atomic E-state index is 0.282. The SMILES string of the molecule is Cc1c(N)nsc1N1CCC(CO)C1. The van der Waals surface area contributed by atoms with Crippen molar-refractivity contribution in [2.75, 3.05) is 30.3 Å². The minimum Gasteiger partial charge on any atom is -0.396 e. The van der Waals surface area contributed by atoms with Crippen LogP contribution in [0.3, 0.4) is 0 Å². The van der Waals surface area contributed by atoms with E-state index in [1.165, 1.54) is 16.5 Å². The third kappa shape index (κ3) is 1.57. The van der Waals surface area contributed by atoms with Crippen LogP contribution < -0.4 is 10.6 Å². The van der Waals surface area contributed by atoms with E-state index >= 15 is 0 Å². The number of aliphatic hydroxyl groups excluding tert-OH is 1. The summed E-state index contributed by atoms with van der Waals surface area (Å²) in [5.74, 6) is 1.05. The van der Waals surface area contributed by atoms with Crippen LogP contribution in [-0.4, -0.2) is 29.2 Å². The Labute approximate surface area is 87.5 Å². The monoisotopic (exact) mass is 213 g/mol. The number of nitrogens with two attached hydrogens (primary N) is 1. The van der Waals surface area contributed by atoms with Gasteiger partial charge in [0, 0.05) is 31.2 Å². The quantitative estimate of drug-likeness (QED) is 0.764. The average molecular weight is 213 g/mol. The van der Waals surface area contributed by atoms with Gasteiger partial charge in [-0.05, 0) is 24.9 Å². The van der Waals surface area contributed by atoms with Gasteiger partial charge in [-0.2, -0.15) is 4.37 Å². The van der Waals surface area contributed by atoms with Gasteiger partial charge in [0.25, 0.3) is 0 Å². The molecule has 78 valence electrons. The van der Waals surface area contributed by atoms with Crippen molar-refractivity contribution < 1.29 is 5.11 Å². The molecule has 14 heavy (non-hydrogen) atoms. The lowest BCUT2D eigenvalue weighted by Gasteiger charge is -2.16. The van der Waals surface area contributed by atoms with E-state index in [4.69, 9.17) is 10.8 Å². The third-order valence-corrected chi connectivity index (χ3v) is 3.79. The number of anilines is 2. The van der Waals surface area contributed by atoms with Crippen molar-refractivity contribution in [3.05, 3.63) is 5.56 Å². The Kier molecular flexibility index (Phi) is 2.60. The van der Waals surface area contributed by atoms with Crippen molar-refractivity contribution in [1.29, 1.82) is 0 Å². The second-order valence-corrected chi connectivity index (χ2v) is 4.53. The van der Waals surface area contributed by atoms with Crippen molar-refractivity contribution in [3.63, 3.8) is 0 Å². The van der Waals surface area contributed by atoms with E-state index in [0.29, 0.717) is 11.7 Å². The molecule has 2 rings (SSSR count). The van der Waals surface area contributed by atoms with Crippen molar-refractivity contribution >= 4 is 22.4 Å². The normalized spacial score (nSPS) is 21.9. The molecule has 0 aromatic carbocycles. The summed E-state index contributed by atoms with van der Waals surface area (Å²) in [6.45, 7) is 4.22. The largest absolute Gasteiger partial charge is 0.396 e. The predicted molar refractivity (Wildman–Crippen MR) is 58.7 cm³/mol. The zero-order chi connectivity index (χ0) is 10.1. The molecule has 0 spiro atoms. The fraction of sp³-hybridized carbons (Fsp3) is 0.667. The summed E-state index contributed by atoms with van der Waals surface area (Å²) in [7, 11) is 0. The van der Waals surface area contributed by atoms with Crippen LogP contribution in [0, 0.1) is 12.8 Å². The Morgan fingerprint density at radius 1 is 1.71 bits per heavy atom. The molecule has 1 fully saturated rings. The molecule has 4 nitrogen and oxygen atoms in total. The number of hydrogen-bond acceptors (Lipinski definition) is 5. The topological polar surface area (TPSA) is 62.4 Å². The lowest BCUT2D eigenvalue weighted by Crippen LogP contribution is -2.20. The van der Waals surface area contributed by atoms with Crippen molar-refractivity contribution in [1.82, 2.24) is 4.37 Å². The first kappa shape index (κ1) is 9.73.